The van der Waals surface area contributed by atoms with Crippen LogP contribution in [0.1, 0.15) is 10.4 Å². The summed E-state index contributed by atoms with van der Waals surface area (Å²) in [5.41, 5.74) is 1.02. The molecule has 1 aliphatic rings. The van der Waals surface area contributed by atoms with Crippen LogP contribution in [0.4, 0.5) is 0 Å². The van der Waals surface area contributed by atoms with Crippen molar-refractivity contribution in [3.63, 3.8) is 0 Å². The summed E-state index contributed by atoms with van der Waals surface area (Å²) in [6, 6.07) is 10.6. The fraction of sp³-hybridized carbons (Fsp3) is 0.381. The molecule has 2 heterocycles. The first-order chi connectivity index (χ1) is 14.3. The molecule has 1 fully saturated rings. The third-order valence-corrected chi connectivity index (χ3v) is 8.16. The molecule has 30 heavy (non-hydrogen) atoms. The highest BCUT2D eigenvalue weighted by Crippen LogP contribution is 2.23. The van der Waals surface area contributed by atoms with E-state index < -0.39 is 10.0 Å². The van der Waals surface area contributed by atoms with E-state index in [1.165, 1.54) is 15.6 Å². The van der Waals surface area contributed by atoms with Gasteiger partial charge in [-0.1, -0.05) is 35.4 Å². The van der Waals surface area contributed by atoms with Crippen molar-refractivity contribution in [3.05, 3.63) is 63.8 Å². The molecule has 9 heteroatoms. The predicted octanol–water partition coefficient (Wildman–Crippen LogP) is 3.23. The van der Waals surface area contributed by atoms with Gasteiger partial charge in [-0.2, -0.15) is 4.31 Å². The van der Waals surface area contributed by atoms with E-state index in [0.29, 0.717) is 48.5 Å². The summed E-state index contributed by atoms with van der Waals surface area (Å²) in [4.78, 5) is 17.9. The molecular formula is C21H26ClN3O3S2. The van der Waals surface area contributed by atoms with Gasteiger partial charge in [0, 0.05) is 37.6 Å². The molecule has 6 nitrogen and oxygen atoms in total. The van der Waals surface area contributed by atoms with Crippen LogP contribution in [0, 0.1) is 6.92 Å². The fourth-order valence-corrected chi connectivity index (χ4v) is 5.84. The molecule has 0 radical (unpaired) electrons. The van der Waals surface area contributed by atoms with Gasteiger partial charge in [0.15, 0.2) is 0 Å². The Morgan fingerprint density at radius 2 is 1.83 bits per heavy atom. The maximum absolute atomic E-state index is 12.8. The van der Waals surface area contributed by atoms with Gasteiger partial charge in [-0.3, -0.25) is 9.69 Å². The van der Waals surface area contributed by atoms with Crippen LogP contribution < -0.4 is 0 Å². The largest absolute Gasteiger partial charge is 0.333 e. The van der Waals surface area contributed by atoms with Crippen molar-refractivity contribution in [1.29, 1.82) is 0 Å². The third kappa shape index (κ3) is 5.70. The van der Waals surface area contributed by atoms with Crippen LogP contribution in [-0.2, 0) is 21.4 Å². The van der Waals surface area contributed by atoms with Gasteiger partial charge in [0.05, 0.1) is 22.3 Å². The predicted molar refractivity (Wildman–Crippen MR) is 121 cm³/mol. The van der Waals surface area contributed by atoms with Gasteiger partial charge in [-0.05, 0) is 31.2 Å². The Kier molecular flexibility index (Phi) is 7.70. The van der Waals surface area contributed by atoms with Crippen LogP contribution in [0.5, 0.6) is 0 Å². The number of aryl methyl sites for hydroxylation is 1. The molecule has 0 atom stereocenters. The molecule has 3 rings (SSSR count). The van der Waals surface area contributed by atoms with Crippen LogP contribution in [0.3, 0.4) is 0 Å². The van der Waals surface area contributed by atoms with Crippen LogP contribution in [-0.4, -0.2) is 67.7 Å². The van der Waals surface area contributed by atoms with E-state index in [0.717, 1.165) is 10.4 Å². The van der Waals surface area contributed by atoms with Crippen molar-refractivity contribution in [2.45, 2.75) is 18.4 Å². The van der Waals surface area contributed by atoms with Crippen LogP contribution in [0.2, 0.25) is 4.34 Å². The van der Waals surface area contributed by atoms with Gasteiger partial charge in [-0.15, -0.1) is 17.9 Å². The van der Waals surface area contributed by atoms with Gasteiger partial charge in [0.1, 0.15) is 0 Å². The zero-order valence-electron chi connectivity index (χ0n) is 17.0. The minimum atomic E-state index is -3.51. The van der Waals surface area contributed by atoms with E-state index in [9.17, 15) is 13.2 Å². The second-order valence-electron chi connectivity index (χ2n) is 7.26. The Hall–Kier alpha value is -1.71. The summed E-state index contributed by atoms with van der Waals surface area (Å²) in [7, 11) is -3.51. The number of carbonyl (C=O) groups excluding carboxylic acids is 1. The summed E-state index contributed by atoms with van der Waals surface area (Å²) < 4.78 is 27.9. The third-order valence-electron chi connectivity index (χ3n) is 5.03. The van der Waals surface area contributed by atoms with E-state index in [1.54, 1.807) is 35.2 Å². The normalized spacial score (nSPS) is 15.8. The molecule has 1 saturated heterocycles. The Balaban J connectivity index is 1.56. The molecule has 0 bridgehead atoms. The number of carbonyl (C=O) groups is 1. The lowest BCUT2D eigenvalue weighted by Gasteiger charge is -2.34. The summed E-state index contributed by atoms with van der Waals surface area (Å²) in [5, 5.41) is 0. The van der Waals surface area contributed by atoms with Crippen LogP contribution in [0.15, 0.2) is 53.9 Å². The number of piperazine rings is 1. The first-order valence-electron chi connectivity index (χ1n) is 9.71. The number of sulfonamides is 1. The molecule has 0 unspecified atom stereocenters. The molecule has 0 spiro atoms. The Labute approximate surface area is 187 Å². The zero-order chi connectivity index (χ0) is 21.7. The van der Waals surface area contributed by atoms with Gasteiger partial charge < -0.3 is 4.90 Å². The van der Waals surface area contributed by atoms with Gasteiger partial charge in [0.2, 0.25) is 15.9 Å². The Morgan fingerprint density at radius 1 is 1.17 bits per heavy atom. The summed E-state index contributed by atoms with van der Waals surface area (Å²) in [5.74, 6) is -0.00531. The molecular weight excluding hydrogens is 442 g/mol. The van der Waals surface area contributed by atoms with Crippen molar-refractivity contribution in [2.24, 2.45) is 0 Å². The van der Waals surface area contributed by atoms with Gasteiger partial charge in [-0.25, -0.2) is 8.42 Å². The Morgan fingerprint density at radius 3 is 2.40 bits per heavy atom. The van der Waals surface area contributed by atoms with E-state index >= 15 is 0 Å². The maximum Gasteiger partial charge on any atom is 0.243 e. The van der Waals surface area contributed by atoms with Gasteiger partial charge >= 0.3 is 0 Å². The number of thiophene rings is 1. The Bertz CT molecular complexity index is 981. The lowest BCUT2D eigenvalue weighted by atomic mass is 10.2. The van der Waals surface area contributed by atoms with E-state index in [1.807, 2.05) is 24.0 Å². The second kappa shape index (κ2) is 10.1. The summed E-state index contributed by atoms with van der Waals surface area (Å²) in [6.07, 6.45) is 1.71. The number of halogens is 1. The van der Waals surface area contributed by atoms with Crippen molar-refractivity contribution in [3.8, 4) is 0 Å². The molecule has 162 valence electrons. The highest BCUT2D eigenvalue weighted by atomic mass is 35.5. The van der Waals surface area contributed by atoms with Crippen molar-refractivity contribution in [1.82, 2.24) is 14.1 Å². The van der Waals surface area contributed by atoms with Gasteiger partial charge in [0.25, 0.3) is 0 Å². The number of benzene rings is 1. The molecule has 0 saturated carbocycles. The number of amides is 1. The molecule has 0 N–H and O–H groups in total. The van der Waals surface area contributed by atoms with E-state index in [4.69, 9.17) is 11.6 Å². The summed E-state index contributed by atoms with van der Waals surface area (Å²) >= 11 is 7.45. The molecule has 1 amide bonds. The zero-order valence-corrected chi connectivity index (χ0v) is 19.3. The van der Waals surface area contributed by atoms with E-state index in [2.05, 4.69) is 6.58 Å². The standard InChI is InChI=1S/C21H26ClN3O3S2/c1-3-10-24(15-18-6-9-20(22)29-18)21(26)16-23-11-13-25(14-12-23)30(27,28)19-7-4-17(2)5-8-19/h3-9H,1,10-16H2,2H3. The van der Waals surface area contributed by atoms with Crippen LogP contribution >= 0.6 is 22.9 Å². The van der Waals surface area contributed by atoms with Crippen LogP contribution in [0.25, 0.3) is 0 Å². The molecule has 1 aromatic heterocycles. The first-order valence-corrected chi connectivity index (χ1v) is 12.3. The lowest BCUT2D eigenvalue weighted by molar-refractivity contribution is -0.132. The average molecular weight is 468 g/mol. The molecule has 1 aromatic carbocycles. The van der Waals surface area contributed by atoms with Crippen molar-refractivity contribution >= 4 is 38.9 Å². The SMILES string of the molecule is C=CCN(Cc1ccc(Cl)s1)C(=O)CN1CCN(S(=O)(=O)c2ccc(C)cc2)CC1. The second-order valence-corrected chi connectivity index (χ2v) is 11.0. The fourth-order valence-electron chi connectivity index (χ4n) is 3.31. The first kappa shape index (κ1) is 23.0. The minimum Gasteiger partial charge on any atom is -0.333 e. The highest BCUT2D eigenvalue weighted by Gasteiger charge is 2.29. The molecule has 2 aromatic rings. The highest BCUT2D eigenvalue weighted by molar-refractivity contribution is 7.89. The maximum atomic E-state index is 12.8. The minimum absolute atomic E-state index is 0.00531. The number of hydrogen-bond acceptors (Lipinski definition) is 5. The monoisotopic (exact) mass is 467 g/mol. The summed E-state index contributed by atoms with van der Waals surface area (Å²) in [6.45, 7) is 8.64. The van der Waals surface area contributed by atoms with E-state index in [-0.39, 0.29) is 12.5 Å². The van der Waals surface area contributed by atoms with Crippen molar-refractivity contribution < 1.29 is 13.2 Å². The molecule has 0 aliphatic carbocycles. The van der Waals surface area contributed by atoms with Crippen molar-refractivity contribution in [2.75, 3.05) is 39.3 Å². The quantitative estimate of drug-likeness (QED) is 0.559. The molecule has 1 aliphatic heterocycles. The number of nitrogens with zero attached hydrogens (tertiary/aromatic N) is 3. The number of rotatable bonds is 8. The smallest absolute Gasteiger partial charge is 0.243 e. The number of hydrogen-bond donors (Lipinski definition) is 0. The lowest BCUT2D eigenvalue weighted by Crippen LogP contribution is -2.51. The average Bonchev–Trinajstić information content (AvgIpc) is 3.13. The topological polar surface area (TPSA) is 60.9 Å².